The molecule has 0 aliphatic heterocycles. The highest BCUT2D eigenvalue weighted by Crippen LogP contribution is 2.31. The molecule has 3 nitrogen and oxygen atoms in total. The molecule has 0 heterocycles. The molecule has 0 aliphatic rings. The van der Waals surface area contributed by atoms with Gasteiger partial charge in [-0.2, -0.15) is 0 Å². The highest BCUT2D eigenvalue weighted by atomic mass is 16.5. The third kappa shape index (κ3) is 2.64. The van der Waals surface area contributed by atoms with Crippen LogP contribution in [-0.4, -0.2) is 24.3 Å². The summed E-state index contributed by atoms with van der Waals surface area (Å²) in [6, 6.07) is 19.5. The lowest BCUT2D eigenvalue weighted by molar-refractivity contribution is 0.413. The van der Waals surface area contributed by atoms with Gasteiger partial charge in [-0.3, -0.25) is 0 Å². The molecule has 0 saturated heterocycles. The Kier molecular flexibility index (Phi) is 3.65. The van der Waals surface area contributed by atoms with Gasteiger partial charge < -0.3 is 14.8 Å². The molecule has 0 saturated carbocycles. The Morgan fingerprint density at radius 1 is 0.857 bits per heavy atom. The first-order valence-corrected chi connectivity index (χ1v) is 6.72. The standard InChI is InChI=1S/C17H15BO3/c1-21-17-11-15(18(19)20)8-9-16(17)14-7-6-12-4-2-3-5-13(12)10-14/h2-11,19-20H,1H3. The summed E-state index contributed by atoms with van der Waals surface area (Å²) in [7, 11) is 0.0810. The second-order valence-electron chi connectivity index (χ2n) is 4.90. The van der Waals surface area contributed by atoms with Crippen molar-refractivity contribution < 1.29 is 14.8 Å². The van der Waals surface area contributed by atoms with E-state index in [1.807, 2.05) is 24.3 Å². The van der Waals surface area contributed by atoms with Gasteiger partial charge in [0, 0.05) is 5.56 Å². The number of hydrogen-bond donors (Lipinski definition) is 2. The third-order valence-corrected chi connectivity index (χ3v) is 3.58. The zero-order valence-electron chi connectivity index (χ0n) is 11.7. The van der Waals surface area contributed by atoms with E-state index < -0.39 is 7.12 Å². The lowest BCUT2D eigenvalue weighted by atomic mass is 9.79. The molecule has 3 rings (SSSR count). The second-order valence-corrected chi connectivity index (χ2v) is 4.90. The molecule has 0 bridgehead atoms. The van der Waals surface area contributed by atoms with Gasteiger partial charge in [0.2, 0.25) is 0 Å². The van der Waals surface area contributed by atoms with E-state index in [9.17, 15) is 10.0 Å². The summed E-state index contributed by atoms with van der Waals surface area (Å²) in [5.41, 5.74) is 2.37. The minimum absolute atomic E-state index is 0.413. The summed E-state index contributed by atoms with van der Waals surface area (Å²) in [6.07, 6.45) is 0. The molecular weight excluding hydrogens is 263 g/mol. The van der Waals surface area contributed by atoms with E-state index in [4.69, 9.17) is 4.74 Å². The van der Waals surface area contributed by atoms with Crippen LogP contribution in [0.5, 0.6) is 5.75 Å². The third-order valence-electron chi connectivity index (χ3n) is 3.58. The molecule has 0 unspecified atom stereocenters. The Bertz CT molecular complexity index is 784. The molecule has 0 radical (unpaired) electrons. The van der Waals surface area contributed by atoms with Crippen LogP contribution in [0, 0.1) is 0 Å². The van der Waals surface area contributed by atoms with E-state index in [1.165, 1.54) is 5.39 Å². The molecular formula is C17H15BO3. The summed E-state index contributed by atoms with van der Waals surface area (Å²) in [5, 5.41) is 20.8. The van der Waals surface area contributed by atoms with Crippen molar-refractivity contribution >= 4 is 23.4 Å². The number of hydrogen-bond acceptors (Lipinski definition) is 3. The fourth-order valence-electron chi connectivity index (χ4n) is 2.46. The van der Waals surface area contributed by atoms with Crippen molar-refractivity contribution in [2.24, 2.45) is 0 Å². The van der Waals surface area contributed by atoms with Crippen LogP contribution in [0.4, 0.5) is 0 Å². The van der Waals surface area contributed by atoms with Crippen molar-refractivity contribution in [2.75, 3.05) is 7.11 Å². The van der Waals surface area contributed by atoms with E-state index in [1.54, 1.807) is 19.2 Å². The molecule has 0 atom stereocenters. The van der Waals surface area contributed by atoms with Gasteiger partial charge in [-0.05, 0) is 33.9 Å². The number of methoxy groups -OCH3 is 1. The number of benzene rings is 3. The van der Waals surface area contributed by atoms with Crippen molar-refractivity contribution in [3.05, 3.63) is 60.7 Å². The first-order chi connectivity index (χ1) is 10.2. The molecule has 21 heavy (non-hydrogen) atoms. The van der Waals surface area contributed by atoms with Gasteiger partial charge in [-0.1, -0.05) is 48.5 Å². The topological polar surface area (TPSA) is 49.7 Å². The highest BCUT2D eigenvalue weighted by Gasteiger charge is 2.14. The van der Waals surface area contributed by atoms with Gasteiger partial charge in [0.25, 0.3) is 0 Å². The molecule has 0 spiro atoms. The zero-order chi connectivity index (χ0) is 14.8. The molecule has 0 aromatic heterocycles. The summed E-state index contributed by atoms with van der Waals surface area (Å²) in [4.78, 5) is 0. The van der Waals surface area contributed by atoms with Crippen molar-refractivity contribution in [2.45, 2.75) is 0 Å². The van der Waals surface area contributed by atoms with Crippen LogP contribution in [0.1, 0.15) is 0 Å². The van der Waals surface area contributed by atoms with Crippen LogP contribution in [0.2, 0.25) is 0 Å². The lowest BCUT2D eigenvalue weighted by Gasteiger charge is -2.11. The minimum atomic E-state index is -1.50. The summed E-state index contributed by atoms with van der Waals surface area (Å²) < 4.78 is 5.38. The molecule has 0 amide bonds. The van der Waals surface area contributed by atoms with Gasteiger partial charge in [0.15, 0.2) is 0 Å². The van der Waals surface area contributed by atoms with Crippen LogP contribution in [0.3, 0.4) is 0 Å². The lowest BCUT2D eigenvalue weighted by Crippen LogP contribution is -2.29. The van der Waals surface area contributed by atoms with Crippen molar-refractivity contribution in [3.63, 3.8) is 0 Å². The Balaban J connectivity index is 2.13. The first kappa shape index (κ1) is 13.7. The van der Waals surface area contributed by atoms with Gasteiger partial charge in [-0.15, -0.1) is 0 Å². The Hall–Kier alpha value is -2.30. The fourth-order valence-corrected chi connectivity index (χ4v) is 2.46. The molecule has 0 aliphatic carbocycles. The van der Waals surface area contributed by atoms with Crippen LogP contribution < -0.4 is 10.2 Å². The van der Waals surface area contributed by atoms with Gasteiger partial charge in [-0.25, -0.2) is 0 Å². The number of rotatable bonds is 3. The van der Waals surface area contributed by atoms with Crippen molar-refractivity contribution in [3.8, 4) is 16.9 Å². The monoisotopic (exact) mass is 278 g/mol. The molecule has 0 fully saturated rings. The van der Waals surface area contributed by atoms with E-state index in [0.29, 0.717) is 11.2 Å². The Morgan fingerprint density at radius 2 is 1.62 bits per heavy atom. The average Bonchev–Trinajstić information content (AvgIpc) is 2.53. The Morgan fingerprint density at radius 3 is 2.33 bits per heavy atom. The summed E-state index contributed by atoms with van der Waals surface area (Å²) >= 11 is 0. The predicted molar refractivity (Wildman–Crippen MR) is 85.8 cm³/mol. The maximum atomic E-state index is 9.25. The zero-order valence-corrected chi connectivity index (χ0v) is 11.7. The van der Waals surface area contributed by atoms with E-state index in [2.05, 4.69) is 24.3 Å². The first-order valence-electron chi connectivity index (χ1n) is 6.72. The minimum Gasteiger partial charge on any atom is -0.496 e. The van der Waals surface area contributed by atoms with Crippen LogP contribution in [-0.2, 0) is 0 Å². The maximum Gasteiger partial charge on any atom is 0.488 e. The van der Waals surface area contributed by atoms with Gasteiger partial charge >= 0.3 is 7.12 Å². The van der Waals surface area contributed by atoms with Crippen molar-refractivity contribution in [1.82, 2.24) is 0 Å². The number of ether oxygens (including phenoxy) is 1. The quantitative estimate of drug-likeness (QED) is 0.722. The summed E-state index contributed by atoms with van der Waals surface area (Å²) in [6.45, 7) is 0. The Labute approximate surface area is 123 Å². The highest BCUT2D eigenvalue weighted by molar-refractivity contribution is 6.58. The maximum absolute atomic E-state index is 9.25. The van der Waals surface area contributed by atoms with E-state index in [-0.39, 0.29) is 0 Å². The predicted octanol–water partition coefficient (Wildman–Crippen LogP) is 2.20. The van der Waals surface area contributed by atoms with Crippen LogP contribution in [0.15, 0.2) is 60.7 Å². The smallest absolute Gasteiger partial charge is 0.488 e. The normalized spacial score (nSPS) is 10.6. The van der Waals surface area contributed by atoms with Gasteiger partial charge in [0.1, 0.15) is 5.75 Å². The van der Waals surface area contributed by atoms with Crippen LogP contribution in [0.25, 0.3) is 21.9 Å². The summed E-state index contributed by atoms with van der Waals surface area (Å²) in [5.74, 6) is 0.621. The molecule has 104 valence electrons. The SMILES string of the molecule is COc1cc(B(O)O)ccc1-c1ccc2ccccc2c1. The largest absolute Gasteiger partial charge is 0.496 e. The van der Waals surface area contributed by atoms with Crippen LogP contribution >= 0.6 is 0 Å². The fraction of sp³-hybridized carbons (Fsp3) is 0.0588. The second kappa shape index (κ2) is 5.60. The molecule has 4 heteroatoms. The van der Waals surface area contributed by atoms with Gasteiger partial charge in [0.05, 0.1) is 7.11 Å². The van der Waals surface area contributed by atoms with Crippen molar-refractivity contribution in [1.29, 1.82) is 0 Å². The molecule has 2 N–H and O–H groups in total. The van der Waals surface area contributed by atoms with E-state index >= 15 is 0 Å². The van der Waals surface area contributed by atoms with E-state index in [0.717, 1.165) is 16.5 Å². The average molecular weight is 278 g/mol. The number of fused-ring (bicyclic) bond motifs is 1. The molecule has 3 aromatic carbocycles. The molecule has 3 aromatic rings.